The third-order valence-electron chi connectivity index (χ3n) is 5.71. The fourth-order valence-electron chi connectivity index (χ4n) is 3.84. The van der Waals surface area contributed by atoms with Crippen molar-refractivity contribution in [1.29, 1.82) is 0 Å². The van der Waals surface area contributed by atoms with Gasteiger partial charge in [-0.3, -0.25) is 14.7 Å². The first-order chi connectivity index (χ1) is 15.6. The monoisotopic (exact) mass is 452 g/mol. The van der Waals surface area contributed by atoms with Crippen molar-refractivity contribution in [1.82, 2.24) is 25.0 Å². The summed E-state index contributed by atoms with van der Waals surface area (Å²) in [5, 5.41) is 20.3. The number of rotatable bonds is 7. The normalized spacial score (nSPS) is 14.5. The third-order valence-corrected chi connectivity index (χ3v) is 6.63. The van der Waals surface area contributed by atoms with Gasteiger partial charge >= 0.3 is 0 Å². The predicted octanol–water partition coefficient (Wildman–Crippen LogP) is 3.11. The van der Waals surface area contributed by atoms with E-state index in [4.69, 9.17) is 0 Å². The number of anilines is 1. The molecule has 0 bridgehead atoms. The van der Waals surface area contributed by atoms with Gasteiger partial charge in [-0.15, -0.1) is 21.5 Å². The van der Waals surface area contributed by atoms with Crippen molar-refractivity contribution in [2.75, 3.05) is 44.2 Å². The average molecular weight is 453 g/mol. The van der Waals surface area contributed by atoms with Gasteiger partial charge in [-0.25, -0.2) is 0 Å². The van der Waals surface area contributed by atoms with E-state index < -0.39 is 0 Å². The van der Waals surface area contributed by atoms with Crippen LogP contribution in [-0.4, -0.2) is 75.3 Å². The van der Waals surface area contributed by atoms with Gasteiger partial charge in [0.15, 0.2) is 11.5 Å². The highest BCUT2D eigenvalue weighted by atomic mass is 32.1. The molecule has 0 saturated carbocycles. The Balaban J connectivity index is 1.31. The Bertz CT molecular complexity index is 1040. The van der Waals surface area contributed by atoms with E-state index in [1.165, 1.54) is 11.1 Å². The molecule has 1 saturated heterocycles. The number of aromatic hydroxyl groups is 1. The number of hydrogen-bond acceptors (Lipinski definition) is 8. The minimum Gasteiger partial charge on any atom is -0.506 e. The van der Waals surface area contributed by atoms with E-state index in [1.807, 2.05) is 19.9 Å². The average Bonchev–Trinajstić information content (AvgIpc) is 3.29. The van der Waals surface area contributed by atoms with Crippen LogP contribution in [0.15, 0.2) is 42.0 Å². The zero-order chi connectivity index (χ0) is 22.5. The number of hydrogen-bond donors (Lipinski definition) is 1. The molecule has 0 unspecified atom stereocenters. The lowest BCUT2D eigenvalue weighted by molar-refractivity contribution is 0.0766. The summed E-state index contributed by atoms with van der Waals surface area (Å²) < 4.78 is 0. The highest BCUT2D eigenvalue weighted by Crippen LogP contribution is 2.28. The standard InChI is InChI=1S/C23H28N6O2S/c1-3-28(4-2)23(31)21-5-6-22(26-25-21)29-9-7-27(8-10-29)15-20-12-18(16-32-20)17-11-19(30)14-24-13-17/h5-6,11-14,16,30H,3-4,7-10,15H2,1-2H3. The molecule has 3 aromatic rings. The van der Waals surface area contributed by atoms with Crippen LogP contribution in [0.1, 0.15) is 29.2 Å². The maximum atomic E-state index is 12.4. The molecule has 4 heterocycles. The molecule has 8 nitrogen and oxygen atoms in total. The molecule has 1 amide bonds. The second-order valence-electron chi connectivity index (χ2n) is 7.75. The third kappa shape index (κ3) is 5.05. The summed E-state index contributed by atoms with van der Waals surface area (Å²) in [6.45, 7) is 9.75. The summed E-state index contributed by atoms with van der Waals surface area (Å²) in [5.41, 5.74) is 2.41. The fourth-order valence-corrected chi connectivity index (χ4v) is 4.77. The van der Waals surface area contributed by atoms with Crippen LogP contribution in [-0.2, 0) is 6.54 Å². The van der Waals surface area contributed by atoms with E-state index in [0.717, 1.165) is 49.7 Å². The maximum Gasteiger partial charge on any atom is 0.274 e. The van der Waals surface area contributed by atoms with Crippen molar-refractivity contribution in [3.8, 4) is 16.9 Å². The quantitative estimate of drug-likeness (QED) is 0.589. The molecule has 9 heteroatoms. The Morgan fingerprint density at radius 1 is 1.06 bits per heavy atom. The van der Waals surface area contributed by atoms with Crippen molar-refractivity contribution >= 4 is 23.1 Å². The lowest BCUT2D eigenvalue weighted by Gasteiger charge is -2.34. The summed E-state index contributed by atoms with van der Waals surface area (Å²) in [4.78, 5) is 24.1. The smallest absolute Gasteiger partial charge is 0.274 e. The van der Waals surface area contributed by atoms with Crippen LogP contribution >= 0.6 is 11.3 Å². The molecule has 1 aliphatic heterocycles. The highest BCUT2D eigenvalue weighted by Gasteiger charge is 2.20. The van der Waals surface area contributed by atoms with Crippen molar-refractivity contribution in [3.63, 3.8) is 0 Å². The number of piperazine rings is 1. The first-order valence-corrected chi connectivity index (χ1v) is 11.8. The summed E-state index contributed by atoms with van der Waals surface area (Å²) >= 11 is 1.73. The van der Waals surface area contributed by atoms with E-state index >= 15 is 0 Å². The summed E-state index contributed by atoms with van der Waals surface area (Å²) in [6.07, 6.45) is 3.21. The molecule has 0 radical (unpaired) electrons. The predicted molar refractivity (Wildman–Crippen MR) is 126 cm³/mol. The Labute approximate surface area is 192 Å². The van der Waals surface area contributed by atoms with Gasteiger partial charge in [0.2, 0.25) is 0 Å². The van der Waals surface area contributed by atoms with Crippen molar-refractivity contribution in [3.05, 3.63) is 52.6 Å². The summed E-state index contributed by atoms with van der Waals surface area (Å²) in [6, 6.07) is 7.58. The molecule has 168 valence electrons. The molecular weight excluding hydrogens is 424 g/mol. The van der Waals surface area contributed by atoms with Crippen LogP contribution < -0.4 is 4.90 Å². The number of carbonyl (C=O) groups excluding carboxylic acids is 1. The van der Waals surface area contributed by atoms with Crippen LogP contribution in [0.2, 0.25) is 0 Å². The topological polar surface area (TPSA) is 85.7 Å². The molecule has 32 heavy (non-hydrogen) atoms. The van der Waals surface area contributed by atoms with Crippen LogP contribution in [0, 0.1) is 0 Å². The molecule has 0 atom stereocenters. The zero-order valence-corrected chi connectivity index (χ0v) is 19.3. The lowest BCUT2D eigenvalue weighted by Crippen LogP contribution is -2.46. The van der Waals surface area contributed by atoms with Crippen molar-refractivity contribution in [2.45, 2.75) is 20.4 Å². The lowest BCUT2D eigenvalue weighted by atomic mass is 10.1. The first kappa shape index (κ1) is 22.2. The number of carbonyl (C=O) groups is 1. The van der Waals surface area contributed by atoms with Gasteiger partial charge in [-0.1, -0.05) is 0 Å². The SMILES string of the molecule is CCN(CC)C(=O)c1ccc(N2CCN(Cc3cc(-c4cncc(O)c4)cs3)CC2)nn1. The Morgan fingerprint density at radius 2 is 1.84 bits per heavy atom. The summed E-state index contributed by atoms with van der Waals surface area (Å²) in [5.74, 6) is 0.922. The first-order valence-electron chi connectivity index (χ1n) is 10.9. The molecule has 0 aromatic carbocycles. The molecule has 1 N–H and O–H groups in total. The summed E-state index contributed by atoms with van der Waals surface area (Å²) in [7, 11) is 0. The second kappa shape index (κ2) is 10.1. The molecule has 1 aliphatic rings. The van der Waals surface area contributed by atoms with Crippen LogP contribution in [0.5, 0.6) is 5.75 Å². The van der Waals surface area contributed by atoms with E-state index in [-0.39, 0.29) is 11.7 Å². The zero-order valence-electron chi connectivity index (χ0n) is 18.4. The molecule has 1 fully saturated rings. The van der Waals surface area contributed by atoms with E-state index in [2.05, 4.69) is 36.4 Å². The van der Waals surface area contributed by atoms with Gasteiger partial charge in [0.05, 0.1) is 6.20 Å². The Kier molecular flexibility index (Phi) is 6.96. The van der Waals surface area contributed by atoms with Crippen LogP contribution in [0.25, 0.3) is 11.1 Å². The van der Waals surface area contributed by atoms with Crippen molar-refractivity contribution < 1.29 is 9.90 Å². The fraction of sp³-hybridized carbons (Fsp3) is 0.391. The minimum absolute atomic E-state index is 0.0734. The van der Waals surface area contributed by atoms with Gasteiger partial charge in [-0.05, 0) is 49.1 Å². The van der Waals surface area contributed by atoms with E-state index in [1.54, 1.807) is 34.6 Å². The number of aromatic nitrogens is 3. The van der Waals surface area contributed by atoms with Crippen molar-refractivity contribution in [2.24, 2.45) is 0 Å². The highest BCUT2D eigenvalue weighted by molar-refractivity contribution is 7.10. The molecule has 0 spiro atoms. The Hall–Kier alpha value is -3.04. The number of thiophene rings is 1. The molecule has 0 aliphatic carbocycles. The Morgan fingerprint density at radius 3 is 2.50 bits per heavy atom. The van der Waals surface area contributed by atoms with Gasteiger partial charge in [-0.2, -0.15) is 0 Å². The minimum atomic E-state index is -0.0734. The largest absolute Gasteiger partial charge is 0.506 e. The van der Waals surface area contributed by atoms with Gasteiger partial charge in [0.25, 0.3) is 5.91 Å². The van der Waals surface area contributed by atoms with E-state index in [9.17, 15) is 9.90 Å². The second-order valence-corrected chi connectivity index (χ2v) is 8.75. The molecule has 3 aromatic heterocycles. The van der Waals surface area contributed by atoms with Gasteiger partial charge < -0.3 is 14.9 Å². The molecular formula is C23H28N6O2S. The number of amides is 1. The maximum absolute atomic E-state index is 12.4. The van der Waals surface area contributed by atoms with Crippen LogP contribution in [0.3, 0.4) is 0 Å². The number of pyridine rings is 1. The van der Waals surface area contributed by atoms with Gasteiger partial charge in [0, 0.05) is 62.5 Å². The van der Waals surface area contributed by atoms with Gasteiger partial charge in [0.1, 0.15) is 5.75 Å². The van der Waals surface area contributed by atoms with E-state index in [0.29, 0.717) is 18.8 Å². The number of nitrogens with zero attached hydrogens (tertiary/aromatic N) is 6. The van der Waals surface area contributed by atoms with Crippen LogP contribution in [0.4, 0.5) is 5.82 Å². The molecule has 4 rings (SSSR count).